The van der Waals surface area contributed by atoms with Gasteiger partial charge in [0.2, 0.25) is 11.0 Å². The molecule has 0 aliphatic heterocycles. The zero-order chi connectivity index (χ0) is 14.5. The van der Waals surface area contributed by atoms with Crippen LogP contribution in [0.25, 0.3) is 0 Å². The Bertz CT molecular complexity index is 612. The molecule has 0 aliphatic rings. The van der Waals surface area contributed by atoms with E-state index in [4.69, 9.17) is 10.5 Å². The van der Waals surface area contributed by atoms with Gasteiger partial charge in [-0.15, -0.1) is 10.2 Å². The first-order chi connectivity index (χ1) is 9.60. The number of anilines is 1. The lowest BCUT2D eigenvalue weighted by atomic mass is 10.1. The minimum absolute atomic E-state index is 0.0755. The second-order valence-electron chi connectivity index (χ2n) is 4.24. The highest BCUT2D eigenvalue weighted by molar-refractivity contribution is 7.15. The van der Waals surface area contributed by atoms with Gasteiger partial charge in [-0.05, 0) is 31.0 Å². The van der Waals surface area contributed by atoms with E-state index < -0.39 is 0 Å². The van der Waals surface area contributed by atoms with E-state index in [1.165, 1.54) is 16.9 Å². The van der Waals surface area contributed by atoms with Crippen molar-refractivity contribution < 1.29 is 9.53 Å². The molecule has 0 atom stereocenters. The van der Waals surface area contributed by atoms with Gasteiger partial charge in [-0.25, -0.2) is 0 Å². The molecule has 1 heterocycles. The lowest BCUT2D eigenvalue weighted by molar-refractivity contribution is -0.114. The van der Waals surface area contributed by atoms with Gasteiger partial charge in [-0.2, -0.15) is 0 Å². The van der Waals surface area contributed by atoms with Gasteiger partial charge >= 0.3 is 0 Å². The topological polar surface area (TPSA) is 90.1 Å². The number of rotatable bonds is 5. The van der Waals surface area contributed by atoms with E-state index in [0.29, 0.717) is 16.7 Å². The number of hydrogen-bond acceptors (Lipinski definition) is 6. The van der Waals surface area contributed by atoms with Gasteiger partial charge in [0.15, 0.2) is 5.01 Å². The molecule has 3 N–H and O–H groups in total. The molecule has 1 aromatic heterocycles. The fourth-order valence-corrected chi connectivity index (χ4v) is 2.22. The minimum Gasteiger partial charge on any atom is -0.486 e. The molecule has 6 nitrogen and oxygen atoms in total. The van der Waals surface area contributed by atoms with Crippen LogP contribution in [0.5, 0.6) is 5.75 Å². The molecule has 0 bridgehead atoms. The third kappa shape index (κ3) is 3.52. The Kier molecular flexibility index (Phi) is 4.65. The Hall–Kier alpha value is -1.99. The van der Waals surface area contributed by atoms with E-state index in [1.807, 2.05) is 32.0 Å². The summed E-state index contributed by atoms with van der Waals surface area (Å²) in [7, 11) is 0. The molecular formula is C13H16N4O2S. The average molecular weight is 292 g/mol. The van der Waals surface area contributed by atoms with E-state index in [1.54, 1.807) is 0 Å². The Morgan fingerprint density at radius 3 is 2.95 bits per heavy atom. The Morgan fingerprint density at radius 1 is 1.40 bits per heavy atom. The van der Waals surface area contributed by atoms with Crippen LogP contribution in [0, 0.1) is 13.8 Å². The summed E-state index contributed by atoms with van der Waals surface area (Å²) in [6, 6.07) is 5.90. The number of aryl methyl sites for hydroxylation is 1. The van der Waals surface area contributed by atoms with Crippen LogP contribution >= 0.6 is 11.3 Å². The lowest BCUT2D eigenvalue weighted by Gasteiger charge is -2.08. The van der Waals surface area contributed by atoms with Crippen molar-refractivity contribution in [1.82, 2.24) is 10.2 Å². The molecule has 0 fully saturated rings. The van der Waals surface area contributed by atoms with Gasteiger partial charge in [-0.1, -0.05) is 23.5 Å². The highest BCUT2D eigenvalue weighted by Crippen LogP contribution is 2.23. The van der Waals surface area contributed by atoms with E-state index in [0.717, 1.165) is 11.3 Å². The fraction of sp³-hybridized carbons (Fsp3) is 0.308. The maximum absolute atomic E-state index is 11.1. The van der Waals surface area contributed by atoms with Gasteiger partial charge in [0.05, 0.1) is 6.54 Å². The van der Waals surface area contributed by atoms with Crippen LogP contribution in [0.1, 0.15) is 16.1 Å². The molecule has 2 aromatic rings. The molecule has 20 heavy (non-hydrogen) atoms. The first kappa shape index (κ1) is 14.4. The maximum atomic E-state index is 11.1. The summed E-state index contributed by atoms with van der Waals surface area (Å²) >= 11 is 1.27. The van der Waals surface area contributed by atoms with Crippen LogP contribution in [0.4, 0.5) is 5.13 Å². The van der Waals surface area contributed by atoms with Crippen LogP contribution in [0.15, 0.2) is 18.2 Å². The van der Waals surface area contributed by atoms with Crippen molar-refractivity contribution in [3.05, 3.63) is 34.3 Å². The van der Waals surface area contributed by atoms with Gasteiger partial charge in [0, 0.05) is 0 Å². The van der Waals surface area contributed by atoms with Crippen LogP contribution in [-0.4, -0.2) is 22.6 Å². The van der Waals surface area contributed by atoms with Crippen molar-refractivity contribution in [3.8, 4) is 5.75 Å². The predicted octanol–water partition coefficient (Wildman–Crippen LogP) is 1.63. The molecule has 0 radical (unpaired) electrons. The summed E-state index contributed by atoms with van der Waals surface area (Å²) in [5.41, 5.74) is 7.49. The predicted molar refractivity (Wildman–Crippen MR) is 77.8 cm³/mol. The second-order valence-corrected chi connectivity index (χ2v) is 5.30. The smallest absolute Gasteiger partial charge is 0.239 e. The first-order valence-corrected chi connectivity index (χ1v) is 6.93. The van der Waals surface area contributed by atoms with Gasteiger partial charge in [-0.3, -0.25) is 10.1 Å². The number of ether oxygens (including phenoxy) is 1. The first-order valence-electron chi connectivity index (χ1n) is 6.11. The Labute approximate surface area is 121 Å². The van der Waals surface area contributed by atoms with Crippen molar-refractivity contribution in [2.45, 2.75) is 20.5 Å². The number of nitrogens with two attached hydrogens (primary N) is 1. The summed E-state index contributed by atoms with van der Waals surface area (Å²) < 4.78 is 5.72. The summed E-state index contributed by atoms with van der Waals surface area (Å²) in [6.45, 7) is 4.29. The fourth-order valence-electron chi connectivity index (χ4n) is 1.55. The van der Waals surface area contributed by atoms with Crippen molar-refractivity contribution >= 4 is 22.4 Å². The zero-order valence-electron chi connectivity index (χ0n) is 11.3. The van der Waals surface area contributed by atoms with Crippen LogP contribution < -0.4 is 15.8 Å². The summed E-state index contributed by atoms with van der Waals surface area (Å²) in [5, 5.41) is 11.5. The van der Waals surface area contributed by atoms with E-state index >= 15 is 0 Å². The molecule has 7 heteroatoms. The molecule has 0 spiro atoms. The molecule has 0 saturated heterocycles. The maximum Gasteiger partial charge on any atom is 0.239 e. The quantitative estimate of drug-likeness (QED) is 0.874. The minimum atomic E-state index is -0.289. The molecule has 0 unspecified atom stereocenters. The third-order valence-electron chi connectivity index (χ3n) is 2.80. The molecular weight excluding hydrogens is 276 g/mol. The average Bonchev–Trinajstić information content (AvgIpc) is 2.88. The summed E-state index contributed by atoms with van der Waals surface area (Å²) in [6.07, 6.45) is 0. The summed E-state index contributed by atoms with van der Waals surface area (Å²) in [5.74, 6) is 0.538. The van der Waals surface area contributed by atoms with Gasteiger partial charge < -0.3 is 10.5 Å². The highest BCUT2D eigenvalue weighted by Gasteiger charge is 2.08. The lowest BCUT2D eigenvalue weighted by Crippen LogP contribution is -2.21. The van der Waals surface area contributed by atoms with Gasteiger partial charge in [0.1, 0.15) is 12.4 Å². The monoisotopic (exact) mass is 292 g/mol. The van der Waals surface area contributed by atoms with E-state index in [-0.39, 0.29) is 12.5 Å². The SMILES string of the molecule is Cc1cccc(OCc2nnc(NC(=O)CN)s2)c1C. The van der Waals surface area contributed by atoms with Crippen molar-refractivity contribution in [2.24, 2.45) is 5.73 Å². The number of amides is 1. The number of nitrogens with zero attached hydrogens (tertiary/aromatic N) is 2. The normalized spacial score (nSPS) is 10.3. The molecule has 1 aromatic carbocycles. The van der Waals surface area contributed by atoms with E-state index in [9.17, 15) is 4.79 Å². The Balaban J connectivity index is 1.97. The number of carbonyl (C=O) groups is 1. The molecule has 0 aliphatic carbocycles. The largest absolute Gasteiger partial charge is 0.486 e. The molecule has 0 saturated carbocycles. The molecule has 2 rings (SSSR count). The molecule has 1 amide bonds. The Morgan fingerprint density at radius 2 is 2.20 bits per heavy atom. The van der Waals surface area contributed by atoms with Crippen LogP contribution in [0.3, 0.4) is 0 Å². The van der Waals surface area contributed by atoms with Crippen molar-refractivity contribution in [2.75, 3.05) is 11.9 Å². The second kappa shape index (κ2) is 6.44. The number of benzene rings is 1. The highest BCUT2D eigenvalue weighted by atomic mass is 32.1. The standard InChI is InChI=1S/C13H16N4O2S/c1-8-4-3-5-10(9(8)2)19-7-12-16-17-13(20-12)15-11(18)6-14/h3-5H,6-7,14H2,1-2H3,(H,15,17,18). The number of hydrogen-bond donors (Lipinski definition) is 2. The van der Waals surface area contributed by atoms with Crippen LogP contribution in [-0.2, 0) is 11.4 Å². The summed E-state index contributed by atoms with van der Waals surface area (Å²) in [4.78, 5) is 11.1. The third-order valence-corrected chi connectivity index (χ3v) is 3.62. The zero-order valence-corrected chi connectivity index (χ0v) is 12.2. The van der Waals surface area contributed by atoms with Crippen molar-refractivity contribution in [1.29, 1.82) is 0 Å². The number of nitrogens with one attached hydrogen (secondary N) is 1. The van der Waals surface area contributed by atoms with Crippen molar-refractivity contribution in [3.63, 3.8) is 0 Å². The van der Waals surface area contributed by atoms with E-state index in [2.05, 4.69) is 15.5 Å². The van der Waals surface area contributed by atoms with Crippen LogP contribution in [0.2, 0.25) is 0 Å². The number of carbonyl (C=O) groups excluding carboxylic acids is 1. The van der Waals surface area contributed by atoms with Gasteiger partial charge in [0.25, 0.3) is 0 Å². The number of aromatic nitrogens is 2. The molecule has 106 valence electrons.